The van der Waals surface area contributed by atoms with Gasteiger partial charge in [-0.3, -0.25) is 9.59 Å². The van der Waals surface area contributed by atoms with Crippen LogP contribution < -0.4 is 16.0 Å². The number of halogens is 1. The number of hydrogen-bond acceptors (Lipinski definition) is 6. The summed E-state index contributed by atoms with van der Waals surface area (Å²) in [6, 6.07) is 4.06. The predicted molar refractivity (Wildman–Crippen MR) is 95.8 cm³/mol. The summed E-state index contributed by atoms with van der Waals surface area (Å²) < 4.78 is 25.1. The Morgan fingerprint density at radius 1 is 1.19 bits per heavy atom. The number of morpholine rings is 1. The van der Waals surface area contributed by atoms with Crippen LogP contribution in [0.5, 0.6) is 0 Å². The van der Waals surface area contributed by atoms with Crippen LogP contribution in [0.1, 0.15) is 0 Å². The predicted octanol–water partition coefficient (Wildman–Crippen LogP) is -0.215. The molecule has 3 atom stereocenters. The van der Waals surface area contributed by atoms with Crippen LogP contribution in [0, 0.1) is 11.7 Å². The molecule has 2 amide bonds. The van der Waals surface area contributed by atoms with Crippen molar-refractivity contribution in [3.63, 3.8) is 0 Å². The molecule has 3 aliphatic rings. The van der Waals surface area contributed by atoms with Gasteiger partial charge in [0.1, 0.15) is 5.82 Å². The molecule has 3 fully saturated rings. The van der Waals surface area contributed by atoms with Gasteiger partial charge in [0.05, 0.1) is 38.2 Å². The maximum atomic E-state index is 14.5. The summed E-state index contributed by atoms with van der Waals surface area (Å²) in [6.07, 6.45) is 0. The highest BCUT2D eigenvalue weighted by molar-refractivity contribution is 6.39. The minimum atomic E-state index is -0.798. The number of anilines is 2. The SMILES string of the molecule is NC1CN(C(=O)C(=O)Nc2ccc(N3CCOCC3)c(F)c2)C2COCC12. The van der Waals surface area contributed by atoms with Gasteiger partial charge in [-0.2, -0.15) is 0 Å². The molecule has 3 aliphatic heterocycles. The molecule has 3 N–H and O–H groups in total. The molecule has 0 saturated carbocycles. The lowest BCUT2D eigenvalue weighted by Gasteiger charge is -2.29. The maximum Gasteiger partial charge on any atom is 0.313 e. The molecule has 3 heterocycles. The fourth-order valence-corrected chi connectivity index (χ4v) is 3.98. The van der Waals surface area contributed by atoms with Gasteiger partial charge in [0.25, 0.3) is 0 Å². The molecule has 9 heteroatoms. The number of fused-ring (bicyclic) bond motifs is 1. The van der Waals surface area contributed by atoms with E-state index in [1.54, 1.807) is 12.1 Å². The van der Waals surface area contributed by atoms with Gasteiger partial charge in [0.2, 0.25) is 0 Å². The number of rotatable bonds is 2. The molecule has 1 aromatic rings. The van der Waals surface area contributed by atoms with E-state index in [1.807, 2.05) is 4.90 Å². The Bertz CT molecular complexity index is 740. The van der Waals surface area contributed by atoms with Crippen molar-refractivity contribution in [1.29, 1.82) is 0 Å². The third-order valence-corrected chi connectivity index (χ3v) is 5.46. The molecule has 3 unspecified atom stereocenters. The van der Waals surface area contributed by atoms with Crippen LogP contribution in [0.25, 0.3) is 0 Å². The van der Waals surface area contributed by atoms with Crippen molar-refractivity contribution in [3.8, 4) is 0 Å². The van der Waals surface area contributed by atoms with Gasteiger partial charge in [0, 0.05) is 37.3 Å². The van der Waals surface area contributed by atoms with Crippen LogP contribution in [0.2, 0.25) is 0 Å². The van der Waals surface area contributed by atoms with Gasteiger partial charge >= 0.3 is 11.8 Å². The number of ether oxygens (including phenoxy) is 2. The topological polar surface area (TPSA) is 97.1 Å². The normalized spacial score (nSPS) is 27.6. The van der Waals surface area contributed by atoms with Crippen molar-refractivity contribution in [1.82, 2.24) is 4.90 Å². The lowest BCUT2D eigenvalue weighted by molar-refractivity contribution is -0.144. The molecule has 4 rings (SSSR count). The Hall–Kier alpha value is -2.23. The summed E-state index contributed by atoms with van der Waals surface area (Å²) >= 11 is 0. The molecule has 146 valence electrons. The second-order valence-electron chi connectivity index (χ2n) is 7.11. The zero-order valence-electron chi connectivity index (χ0n) is 14.9. The Labute approximate surface area is 156 Å². The number of carbonyl (C=O) groups is 2. The number of hydrogen-bond donors (Lipinski definition) is 2. The summed E-state index contributed by atoms with van der Waals surface area (Å²) in [5, 5.41) is 2.49. The highest BCUT2D eigenvalue weighted by atomic mass is 19.1. The van der Waals surface area contributed by atoms with Gasteiger partial charge in [-0.15, -0.1) is 0 Å². The first kappa shape index (κ1) is 18.1. The Balaban J connectivity index is 1.42. The van der Waals surface area contributed by atoms with Crippen molar-refractivity contribution in [2.45, 2.75) is 12.1 Å². The van der Waals surface area contributed by atoms with Gasteiger partial charge in [-0.1, -0.05) is 0 Å². The van der Waals surface area contributed by atoms with E-state index < -0.39 is 17.6 Å². The molecule has 3 saturated heterocycles. The molecule has 0 aliphatic carbocycles. The summed E-state index contributed by atoms with van der Waals surface area (Å²) in [5.41, 5.74) is 6.74. The molecule has 0 aromatic heterocycles. The summed E-state index contributed by atoms with van der Waals surface area (Å²) in [4.78, 5) is 28.2. The Kier molecular flexibility index (Phi) is 4.98. The van der Waals surface area contributed by atoms with Gasteiger partial charge in [-0.25, -0.2) is 4.39 Å². The van der Waals surface area contributed by atoms with Crippen LogP contribution in [0.15, 0.2) is 18.2 Å². The van der Waals surface area contributed by atoms with Crippen molar-refractivity contribution in [3.05, 3.63) is 24.0 Å². The molecule has 0 spiro atoms. The lowest BCUT2D eigenvalue weighted by Crippen LogP contribution is -2.44. The number of benzene rings is 1. The van der Waals surface area contributed by atoms with Gasteiger partial charge in [-0.05, 0) is 18.2 Å². The first-order valence-electron chi connectivity index (χ1n) is 9.12. The zero-order chi connectivity index (χ0) is 19.0. The number of nitrogens with zero attached hydrogens (tertiary/aromatic N) is 2. The van der Waals surface area contributed by atoms with Crippen molar-refractivity contribution >= 4 is 23.2 Å². The quantitative estimate of drug-likeness (QED) is 0.691. The summed E-state index contributed by atoms with van der Waals surface area (Å²) in [7, 11) is 0. The second kappa shape index (κ2) is 7.41. The standard InChI is InChI=1S/C18H23FN4O4/c19-13-7-11(1-2-15(13)22-3-5-26-6-4-22)21-17(24)18(25)23-8-14(20)12-9-27-10-16(12)23/h1-2,7,12,14,16H,3-6,8-10,20H2,(H,21,24). The smallest absolute Gasteiger partial charge is 0.313 e. The minimum Gasteiger partial charge on any atom is -0.379 e. The highest BCUT2D eigenvalue weighted by Crippen LogP contribution is 2.29. The van der Waals surface area contributed by atoms with Crippen molar-refractivity contribution in [2.75, 3.05) is 56.3 Å². The molecular formula is C18H23FN4O4. The Morgan fingerprint density at radius 2 is 1.96 bits per heavy atom. The van der Waals surface area contributed by atoms with E-state index in [0.717, 1.165) is 0 Å². The van der Waals surface area contributed by atoms with E-state index in [1.165, 1.54) is 11.0 Å². The van der Waals surface area contributed by atoms with E-state index in [2.05, 4.69) is 5.32 Å². The number of carbonyl (C=O) groups excluding carboxylic acids is 2. The minimum absolute atomic E-state index is 0.0620. The number of likely N-dealkylation sites (tertiary alicyclic amines) is 1. The van der Waals surface area contributed by atoms with Crippen LogP contribution >= 0.6 is 0 Å². The van der Waals surface area contributed by atoms with E-state index in [-0.39, 0.29) is 23.7 Å². The lowest BCUT2D eigenvalue weighted by atomic mass is 10.0. The average Bonchev–Trinajstić information content (AvgIpc) is 3.26. The maximum absolute atomic E-state index is 14.5. The number of nitrogens with one attached hydrogen (secondary N) is 1. The molecule has 27 heavy (non-hydrogen) atoms. The molecule has 0 radical (unpaired) electrons. The third kappa shape index (κ3) is 3.50. The fourth-order valence-electron chi connectivity index (χ4n) is 3.98. The molecular weight excluding hydrogens is 355 g/mol. The highest BCUT2D eigenvalue weighted by Gasteiger charge is 2.47. The van der Waals surface area contributed by atoms with E-state index in [0.29, 0.717) is 51.7 Å². The van der Waals surface area contributed by atoms with E-state index >= 15 is 0 Å². The largest absolute Gasteiger partial charge is 0.379 e. The van der Waals surface area contributed by atoms with Crippen LogP contribution in [0.4, 0.5) is 15.8 Å². The first-order chi connectivity index (χ1) is 13.0. The number of amides is 2. The zero-order valence-corrected chi connectivity index (χ0v) is 14.9. The summed E-state index contributed by atoms with van der Waals surface area (Å²) in [5.74, 6) is -1.85. The van der Waals surface area contributed by atoms with E-state index in [4.69, 9.17) is 15.2 Å². The molecule has 0 bridgehead atoms. The molecule has 1 aromatic carbocycles. The van der Waals surface area contributed by atoms with Crippen molar-refractivity contribution in [2.24, 2.45) is 11.7 Å². The van der Waals surface area contributed by atoms with Crippen molar-refractivity contribution < 1.29 is 23.5 Å². The first-order valence-corrected chi connectivity index (χ1v) is 9.12. The third-order valence-electron chi connectivity index (χ3n) is 5.46. The van der Waals surface area contributed by atoms with Crippen LogP contribution in [0.3, 0.4) is 0 Å². The second-order valence-corrected chi connectivity index (χ2v) is 7.11. The van der Waals surface area contributed by atoms with Crippen LogP contribution in [-0.2, 0) is 19.1 Å². The Morgan fingerprint density at radius 3 is 2.70 bits per heavy atom. The average molecular weight is 378 g/mol. The monoisotopic (exact) mass is 378 g/mol. The van der Waals surface area contributed by atoms with E-state index in [9.17, 15) is 14.0 Å². The molecule has 8 nitrogen and oxygen atoms in total. The summed E-state index contributed by atoms with van der Waals surface area (Å²) in [6.45, 7) is 3.55. The van der Waals surface area contributed by atoms with Crippen LogP contribution in [-0.4, -0.2) is 74.9 Å². The van der Waals surface area contributed by atoms with Gasteiger partial charge < -0.3 is 30.3 Å². The van der Waals surface area contributed by atoms with Gasteiger partial charge in [0.15, 0.2) is 0 Å². The fraction of sp³-hybridized carbons (Fsp3) is 0.556. The number of nitrogens with two attached hydrogens (primary N) is 1.